The van der Waals surface area contributed by atoms with E-state index in [1.807, 2.05) is 31.2 Å². The Morgan fingerprint density at radius 1 is 1.50 bits per heavy atom. The highest BCUT2D eigenvalue weighted by Gasteiger charge is 2.07. The smallest absolute Gasteiger partial charge is 0.119 e. The second kappa shape index (κ2) is 6.12. The fourth-order valence-corrected chi connectivity index (χ4v) is 1.59. The lowest BCUT2D eigenvalue weighted by Gasteiger charge is -2.18. The number of rotatable bonds is 6. The van der Waals surface area contributed by atoms with Gasteiger partial charge in [0, 0.05) is 5.56 Å². The van der Waals surface area contributed by atoms with E-state index in [4.69, 9.17) is 4.74 Å². The van der Waals surface area contributed by atoms with Gasteiger partial charge in [0.2, 0.25) is 0 Å². The lowest BCUT2D eigenvalue weighted by molar-refractivity contribution is -0.906. The van der Waals surface area contributed by atoms with Crippen LogP contribution in [-0.2, 0) is 11.3 Å². The Morgan fingerprint density at radius 3 is 2.81 bits per heavy atom. The van der Waals surface area contributed by atoms with E-state index in [1.165, 1.54) is 0 Å². The van der Waals surface area contributed by atoms with Crippen molar-refractivity contribution in [2.75, 3.05) is 20.2 Å². The predicted molar refractivity (Wildman–Crippen MR) is 58.1 cm³/mol. The molecule has 0 heterocycles. The molecule has 0 amide bonds. The molecule has 88 valence electrons. The molecule has 4 nitrogen and oxygen atoms in total. The maximum Gasteiger partial charge on any atom is 0.119 e. The van der Waals surface area contributed by atoms with Crippen LogP contribution in [0, 0.1) is 0 Å². The first-order chi connectivity index (χ1) is 7.65. The predicted octanol–water partition coefficient (Wildman–Crippen LogP) is -1.15. The minimum Gasteiger partial charge on any atom is -0.544 e. The average Bonchev–Trinajstić information content (AvgIpc) is 2.28. The lowest BCUT2D eigenvalue weighted by Crippen LogP contribution is -3.11. The van der Waals surface area contributed by atoms with Gasteiger partial charge in [0.05, 0.1) is 19.6 Å². The van der Waals surface area contributed by atoms with E-state index in [9.17, 15) is 9.90 Å². The van der Waals surface area contributed by atoms with Gasteiger partial charge in [-0.25, -0.2) is 0 Å². The van der Waals surface area contributed by atoms with Gasteiger partial charge in [-0.15, -0.1) is 0 Å². The van der Waals surface area contributed by atoms with E-state index in [2.05, 4.69) is 0 Å². The van der Waals surface area contributed by atoms with Crippen molar-refractivity contribution in [2.45, 2.75) is 13.5 Å². The number of hydrogen-bond acceptors (Lipinski definition) is 3. The van der Waals surface area contributed by atoms with Crippen LogP contribution in [0.15, 0.2) is 24.3 Å². The molecule has 0 aliphatic carbocycles. The second-order valence-corrected chi connectivity index (χ2v) is 3.68. The number of ether oxygens (including phenoxy) is 1. The molecule has 0 aromatic heterocycles. The highest BCUT2D eigenvalue weighted by Crippen LogP contribution is 2.11. The van der Waals surface area contributed by atoms with Crippen molar-refractivity contribution in [1.82, 2.24) is 0 Å². The number of hydrogen-bond donors (Lipinski definition) is 1. The number of aliphatic carboxylic acids is 1. The van der Waals surface area contributed by atoms with Crippen molar-refractivity contribution in [2.24, 2.45) is 0 Å². The van der Waals surface area contributed by atoms with E-state index in [-0.39, 0.29) is 6.54 Å². The molecular weight excluding hydrogens is 206 g/mol. The van der Waals surface area contributed by atoms with Gasteiger partial charge in [-0.05, 0) is 19.1 Å². The molecule has 1 atom stereocenters. The number of benzene rings is 1. The van der Waals surface area contributed by atoms with Crippen molar-refractivity contribution in [1.29, 1.82) is 0 Å². The summed E-state index contributed by atoms with van der Waals surface area (Å²) in [6.45, 7) is 3.42. The largest absolute Gasteiger partial charge is 0.544 e. The van der Waals surface area contributed by atoms with Gasteiger partial charge in [0.1, 0.15) is 18.8 Å². The van der Waals surface area contributed by atoms with Crippen LogP contribution in [0.3, 0.4) is 0 Å². The summed E-state index contributed by atoms with van der Waals surface area (Å²) < 4.78 is 5.11. The Morgan fingerprint density at radius 2 is 2.25 bits per heavy atom. The molecule has 4 heteroatoms. The van der Waals surface area contributed by atoms with Crippen LogP contribution in [0.2, 0.25) is 0 Å². The average molecular weight is 223 g/mol. The molecular formula is C12H17NO3. The third-order valence-electron chi connectivity index (χ3n) is 2.48. The number of carboxylic acid groups (broad SMARTS) is 1. The van der Waals surface area contributed by atoms with Crippen molar-refractivity contribution < 1.29 is 19.5 Å². The zero-order valence-corrected chi connectivity index (χ0v) is 9.66. The number of methoxy groups -OCH3 is 1. The van der Waals surface area contributed by atoms with Gasteiger partial charge in [0.25, 0.3) is 0 Å². The third kappa shape index (κ3) is 3.90. The van der Waals surface area contributed by atoms with E-state index in [0.29, 0.717) is 6.54 Å². The lowest BCUT2D eigenvalue weighted by atomic mass is 10.2. The first-order valence-electron chi connectivity index (χ1n) is 5.32. The molecule has 0 spiro atoms. The first-order valence-corrected chi connectivity index (χ1v) is 5.32. The van der Waals surface area contributed by atoms with Crippen LogP contribution in [0.25, 0.3) is 0 Å². The van der Waals surface area contributed by atoms with Crippen LogP contribution >= 0.6 is 0 Å². The highest BCUT2D eigenvalue weighted by atomic mass is 16.5. The van der Waals surface area contributed by atoms with E-state index >= 15 is 0 Å². The van der Waals surface area contributed by atoms with Crippen LogP contribution in [0.5, 0.6) is 5.75 Å². The molecule has 1 aromatic rings. The summed E-state index contributed by atoms with van der Waals surface area (Å²) in [5, 5.41) is 10.5. The highest BCUT2D eigenvalue weighted by molar-refractivity contribution is 5.65. The molecule has 1 unspecified atom stereocenters. The number of nitrogens with one attached hydrogen (secondary N) is 1. The van der Waals surface area contributed by atoms with Crippen LogP contribution in [-0.4, -0.2) is 26.2 Å². The fraction of sp³-hybridized carbons (Fsp3) is 0.417. The molecule has 0 bridgehead atoms. The van der Waals surface area contributed by atoms with Gasteiger partial charge in [-0.3, -0.25) is 0 Å². The molecule has 0 fully saturated rings. The summed E-state index contributed by atoms with van der Waals surface area (Å²) >= 11 is 0. The Balaban J connectivity index is 2.65. The maximum atomic E-state index is 10.5. The zero-order valence-electron chi connectivity index (χ0n) is 9.66. The number of carboxylic acids is 1. The number of carbonyl (C=O) groups is 1. The number of likely N-dealkylation sites (N-methyl/N-ethyl adjacent to an activating group) is 1. The van der Waals surface area contributed by atoms with Crippen molar-refractivity contribution in [3.05, 3.63) is 29.8 Å². The molecule has 0 aliphatic rings. The molecule has 1 aromatic carbocycles. The van der Waals surface area contributed by atoms with Crippen LogP contribution < -0.4 is 14.7 Å². The fourth-order valence-electron chi connectivity index (χ4n) is 1.59. The SMILES string of the molecule is CC[NH+](CC(=O)[O-])Cc1cccc(OC)c1. The zero-order chi connectivity index (χ0) is 12.0. The van der Waals surface area contributed by atoms with E-state index in [1.54, 1.807) is 7.11 Å². The minimum absolute atomic E-state index is 0.0354. The molecule has 0 saturated carbocycles. The summed E-state index contributed by atoms with van der Waals surface area (Å²) in [5.74, 6) is -0.221. The molecule has 0 saturated heterocycles. The van der Waals surface area contributed by atoms with E-state index < -0.39 is 5.97 Å². The molecule has 1 rings (SSSR count). The Kier molecular flexibility index (Phi) is 4.79. The third-order valence-corrected chi connectivity index (χ3v) is 2.48. The normalized spacial score (nSPS) is 12.1. The summed E-state index contributed by atoms with van der Waals surface area (Å²) in [7, 11) is 1.62. The van der Waals surface area contributed by atoms with Crippen LogP contribution in [0.4, 0.5) is 0 Å². The van der Waals surface area contributed by atoms with E-state index in [0.717, 1.165) is 22.8 Å². The van der Waals surface area contributed by atoms with Crippen LogP contribution in [0.1, 0.15) is 12.5 Å². The Labute approximate surface area is 95.5 Å². The Hall–Kier alpha value is -1.55. The monoisotopic (exact) mass is 223 g/mol. The van der Waals surface area contributed by atoms with Gasteiger partial charge in [-0.2, -0.15) is 0 Å². The molecule has 16 heavy (non-hydrogen) atoms. The maximum absolute atomic E-state index is 10.5. The quantitative estimate of drug-likeness (QED) is 0.662. The summed E-state index contributed by atoms with van der Waals surface area (Å²) in [5.41, 5.74) is 1.07. The first kappa shape index (κ1) is 12.5. The number of carbonyl (C=O) groups excluding carboxylic acids is 1. The van der Waals surface area contributed by atoms with Crippen molar-refractivity contribution >= 4 is 5.97 Å². The molecule has 0 radical (unpaired) electrons. The van der Waals surface area contributed by atoms with Crippen molar-refractivity contribution in [3.63, 3.8) is 0 Å². The standard InChI is InChI=1S/C12H17NO3/c1-3-13(9-12(14)15)8-10-5-4-6-11(7-10)16-2/h4-7H,3,8-9H2,1-2H3,(H,14,15). The van der Waals surface area contributed by atoms with Gasteiger partial charge in [-0.1, -0.05) is 12.1 Å². The van der Waals surface area contributed by atoms with Gasteiger partial charge in [0.15, 0.2) is 0 Å². The summed E-state index contributed by atoms with van der Waals surface area (Å²) in [6.07, 6.45) is 0. The Bertz CT molecular complexity index is 352. The van der Waals surface area contributed by atoms with Crippen molar-refractivity contribution in [3.8, 4) is 5.75 Å². The second-order valence-electron chi connectivity index (χ2n) is 3.68. The number of quaternary nitrogens is 1. The topological polar surface area (TPSA) is 53.8 Å². The minimum atomic E-state index is -1.01. The molecule has 1 N–H and O–H groups in total. The van der Waals surface area contributed by atoms with Gasteiger partial charge < -0.3 is 19.5 Å². The van der Waals surface area contributed by atoms with Gasteiger partial charge >= 0.3 is 0 Å². The summed E-state index contributed by atoms with van der Waals surface area (Å²) in [4.78, 5) is 11.5. The molecule has 0 aliphatic heterocycles. The summed E-state index contributed by atoms with van der Waals surface area (Å²) in [6, 6.07) is 7.66.